The van der Waals surface area contributed by atoms with Crippen molar-refractivity contribution in [2.45, 2.75) is 77.2 Å². The van der Waals surface area contributed by atoms with Gasteiger partial charge in [-0.2, -0.15) is 0 Å². The lowest BCUT2D eigenvalue weighted by Gasteiger charge is -2.34. The first-order valence-corrected chi connectivity index (χ1v) is 8.56. The maximum atomic E-state index is 12.8. The lowest BCUT2D eigenvalue weighted by Crippen LogP contribution is -2.52. The van der Waals surface area contributed by atoms with Crippen LogP contribution in [-0.4, -0.2) is 16.9 Å². The Morgan fingerprint density at radius 2 is 1.80 bits per heavy atom. The van der Waals surface area contributed by atoms with E-state index in [1.807, 2.05) is 0 Å². The van der Waals surface area contributed by atoms with E-state index in [9.17, 15) is 4.79 Å². The molecule has 2 aliphatic rings. The summed E-state index contributed by atoms with van der Waals surface area (Å²) in [6.45, 7) is 2.27. The van der Waals surface area contributed by atoms with Gasteiger partial charge >= 0.3 is 0 Å². The summed E-state index contributed by atoms with van der Waals surface area (Å²) in [7, 11) is 0. The second-order valence-electron chi connectivity index (χ2n) is 6.80. The number of hydrogen-bond donors (Lipinski definition) is 2. The Morgan fingerprint density at radius 1 is 1.15 bits per heavy atom. The molecule has 114 valence electrons. The van der Waals surface area contributed by atoms with Crippen molar-refractivity contribution in [2.24, 2.45) is 17.1 Å². The lowest BCUT2D eigenvalue weighted by atomic mass is 9.78. The number of rotatable bonds is 3. The van der Waals surface area contributed by atoms with E-state index < -0.39 is 5.41 Å². The molecule has 0 aromatic heterocycles. The third kappa shape index (κ3) is 3.51. The largest absolute Gasteiger partial charge is 0.392 e. The van der Waals surface area contributed by atoms with Crippen molar-refractivity contribution in [1.82, 2.24) is 5.32 Å². The highest BCUT2D eigenvalue weighted by Crippen LogP contribution is 2.36. The number of nitrogens with two attached hydrogens (primary N) is 1. The average Bonchev–Trinajstić information content (AvgIpc) is 2.65. The molecule has 3 N–H and O–H groups in total. The number of carbonyl (C=O) groups is 1. The van der Waals surface area contributed by atoms with Crippen LogP contribution in [0.3, 0.4) is 0 Å². The van der Waals surface area contributed by atoms with Gasteiger partial charge in [-0.05, 0) is 31.6 Å². The van der Waals surface area contributed by atoms with Gasteiger partial charge in [-0.15, -0.1) is 0 Å². The zero-order chi connectivity index (χ0) is 14.6. The highest BCUT2D eigenvalue weighted by molar-refractivity contribution is 7.80. The average molecular weight is 296 g/mol. The van der Waals surface area contributed by atoms with Gasteiger partial charge in [-0.3, -0.25) is 4.79 Å². The molecule has 2 fully saturated rings. The fourth-order valence-corrected chi connectivity index (χ4v) is 4.10. The first-order chi connectivity index (χ1) is 9.54. The maximum Gasteiger partial charge on any atom is 0.233 e. The highest BCUT2D eigenvalue weighted by atomic mass is 32.1. The maximum absolute atomic E-state index is 12.8. The van der Waals surface area contributed by atoms with Crippen LogP contribution < -0.4 is 11.1 Å². The third-order valence-corrected chi connectivity index (χ3v) is 5.53. The van der Waals surface area contributed by atoms with Crippen LogP contribution in [0, 0.1) is 11.3 Å². The Morgan fingerprint density at radius 3 is 2.35 bits per heavy atom. The summed E-state index contributed by atoms with van der Waals surface area (Å²) >= 11 is 5.27. The Labute approximate surface area is 128 Å². The Balaban J connectivity index is 2.04. The monoisotopic (exact) mass is 296 g/mol. The van der Waals surface area contributed by atoms with Crippen molar-refractivity contribution >= 4 is 23.1 Å². The van der Waals surface area contributed by atoms with Crippen LogP contribution in [0.25, 0.3) is 0 Å². The molecule has 0 saturated heterocycles. The van der Waals surface area contributed by atoms with Crippen LogP contribution in [-0.2, 0) is 4.79 Å². The number of hydrogen-bond acceptors (Lipinski definition) is 2. The zero-order valence-corrected chi connectivity index (χ0v) is 13.4. The van der Waals surface area contributed by atoms with Crippen molar-refractivity contribution in [3.05, 3.63) is 0 Å². The molecule has 2 saturated carbocycles. The van der Waals surface area contributed by atoms with Crippen molar-refractivity contribution in [3.8, 4) is 0 Å². The molecule has 2 rings (SSSR count). The normalized spacial score (nSPS) is 30.2. The summed E-state index contributed by atoms with van der Waals surface area (Å²) in [5, 5.41) is 3.26. The van der Waals surface area contributed by atoms with Crippen molar-refractivity contribution < 1.29 is 4.79 Å². The molecule has 0 aliphatic heterocycles. The van der Waals surface area contributed by atoms with Gasteiger partial charge in [0.05, 0.1) is 10.4 Å². The molecule has 20 heavy (non-hydrogen) atoms. The molecule has 0 bridgehead atoms. The predicted molar refractivity (Wildman–Crippen MR) is 86.5 cm³/mol. The van der Waals surface area contributed by atoms with Crippen LogP contribution >= 0.6 is 12.2 Å². The molecule has 0 aromatic carbocycles. The molecule has 2 atom stereocenters. The van der Waals surface area contributed by atoms with Crippen LogP contribution in [0.5, 0.6) is 0 Å². The molecular weight excluding hydrogens is 268 g/mol. The molecule has 4 heteroatoms. The fourth-order valence-electron chi connectivity index (χ4n) is 3.81. The van der Waals surface area contributed by atoms with Crippen molar-refractivity contribution in [1.29, 1.82) is 0 Å². The lowest BCUT2D eigenvalue weighted by molar-refractivity contribution is -0.129. The molecule has 2 aliphatic carbocycles. The summed E-state index contributed by atoms with van der Waals surface area (Å²) < 4.78 is 0. The van der Waals surface area contributed by atoms with E-state index in [1.54, 1.807) is 0 Å². The zero-order valence-electron chi connectivity index (χ0n) is 12.6. The SMILES string of the molecule is CC1CCCC(NC(=O)C2(C(N)=S)CCCCCC2)C1. The number of nitrogens with one attached hydrogen (secondary N) is 1. The predicted octanol–water partition coefficient (Wildman–Crippen LogP) is 3.31. The van der Waals surface area contributed by atoms with Gasteiger partial charge in [0.25, 0.3) is 0 Å². The molecule has 0 heterocycles. The quantitative estimate of drug-likeness (QED) is 0.620. The number of amides is 1. The molecule has 0 aromatic rings. The van der Waals surface area contributed by atoms with Gasteiger partial charge in [-0.25, -0.2) is 0 Å². The van der Waals surface area contributed by atoms with Gasteiger partial charge in [0.15, 0.2) is 0 Å². The minimum absolute atomic E-state index is 0.103. The summed E-state index contributed by atoms with van der Waals surface area (Å²) in [6, 6.07) is 0.320. The Bertz CT molecular complexity index is 361. The summed E-state index contributed by atoms with van der Waals surface area (Å²) in [5.41, 5.74) is 5.40. The first kappa shape index (κ1) is 15.7. The summed E-state index contributed by atoms with van der Waals surface area (Å²) in [5.74, 6) is 0.815. The summed E-state index contributed by atoms with van der Waals surface area (Å²) in [6.07, 6.45) is 10.9. The van der Waals surface area contributed by atoms with Crippen LogP contribution in [0.15, 0.2) is 0 Å². The van der Waals surface area contributed by atoms with E-state index in [-0.39, 0.29) is 5.91 Å². The topological polar surface area (TPSA) is 55.1 Å². The van der Waals surface area contributed by atoms with Crippen LogP contribution in [0.2, 0.25) is 0 Å². The fraction of sp³-hybridized carbons (Fsp3) is 0.875. The standard InChI is InChI=1S/C16H28N2OS/c1-12-7-6-8-13(11-12)18-15(19)16(14(17)20)9-4-2-3-5-10-16/h12-13H,2-11H2,1H3,(H2,17,20)(H,18,19). The first-order valence-electron chi connectivity index (χ1n) is 8.15. The molecular formula is C16H28N2OS. The summed E-state index contributed by atoms with van der Waals surface area (Å²) in [4.78, 5) is 13.2. The van der Waals surface area contributed by atoms with Crippen molar-refractivity contribution in [3.63, 3.8) is 0 Å². The Hall–Kier alpha value is -0.640. The molecule has 0 radical (unpaired) electrons. The molecule has 0 spiro atoms. The van der Waals surface area contributed by atoms with E-state index in [1.165, 1.54) is 25.7 Å². The Kier molecular flexibility index (Phi) is 5.42. The van der Waals surface area contributed by atoms with Crippen LogP contribution in [0.1, 0.15) is 71.1 Å². The van der Waals surface area contributed by atoms with Crippen LogP contribution in [0.4, 0.5) is 0 Å². The van der Waals surface area contributed by atoms with E-state index >= 15 is 0 Å². The van der Waals surface area contributed by atoms with E-state index in [0.29, 0.717) is 16.9 Å². The minimum atomic E-state index is -0.577. The van der Waals surface area contributed by atoms with E-state index in [0.717, 1.165) is 38.5 Å². The minimum Gasteiger partial charge on any atom is -0.392 e. The van der Waals surface area contributed by atoms with E-state index in [4.69, 9.17) is 18.0 Å². The van der Waals surface area contributed by atoms with Gasteiger partial charge in [0, 0.05) is 6.04 Å². The smallest absolute Gasteiger partial charge is 0.233 e. The molecule has 2 unspecified atom stereocenters. The number of carbonyl (C=O) groups excluding carboxylic acids is 1. The van der Waals surface area contributed by atoms with Gasteiger partial charge in [0.2, 0.25) is 5.91 Å². The molecule has 1 amide bonds. The van der Waals surface area contributed by atoms with Gasteiger partial charge < -0.3 is 11.1 Å². The van der Waals surface area contributed by atoms with Gasteiger partial charge in [0.1, 0.15) is 0 Å². The second-order valence-corrected chi connectivity index (χ2v) is 7.24. The highest BCUT2D eigenvalue weighted by Gasteiger charge is 2.42. The molecule has 3 nitrogen and oxygen atoms in total. The van der Waals surface area contributed by atoms with Gasteiger partial charge in [-0.1, -0.05) is 57.7 Å². The van der Waals surface area contributed by atoms with E-state index in [2.05, 4.69) is 12.2 Å². The number of thiocarbonyl (C=S) groups is 1. The third-order valence-electron chi connectivity index (χ3n) is 5.14. The second kappa shape index (κ2) is 6.88. The van der Waals surface area contributed by atoms with Crippen molar-refractivity contribution in [2.75, 3.05) is 0 Å².